The van der Waals surface area contributed by atoms with Crippen molar-refractivity contribution in [1.29, 1.82) is 0 Å². The molecule has 0 aliphatic carbocycles. The predicted molar refractivity (Wildman–Crippen MR) is 89.8 cm³/mol. The molecule has 0 aliphatic heterocycles. The Morgan fingerprint density at radius 1 is 1.18 bits per heavy atom. The molecule has 0 amide bonds. The van der Waals surface area contributed by atoms with Crippen LogP contribution in [0.2, 0.25) is 0 Å². The van der Waals surface area contributed by atoms with Gasteiger partial charge in [0, 0.05) is 26.0 Å². The van der Waals surface area contributed by atoms with E-state index in [1.165, 1.54) is 5.56 Å². The molecule has 0 unspecified atom stereocenters. The molecule has 0 aliphatic rings. The number of aromatic carboxylic acids is 1. The molecular formula is C18H22N2O2. The molecule has 1 aromatic heterocycles. The van der Waals surface area contributed by atoms with Crippen molar-refractivity contribution in [2.75, 3.05) is 14.1 Å². The molecule has 0 saturated carbocycles. The number of carboxylic acid groups (broad SMARTS) is 1. The zero-order valence-electron chi connectivity index (χ0n) is 13.4. The summed E-state index contributed by atoms with van der Waals surface area (Å²) in [6, 6.07) is 10.9. The fourth-order valence-corrected chi connectivity index (χ4v) is 1.68. The minimum Gasteiger partial charge on any atom is -0.478 e. The molecule has 22 heavy (non-hydrogen) atoms. The first-order valence-corrected chi connectivity index (χ1v) is 6.95. The molecule has 1 aromatic carbocycles. The average Bonchev–Trinajstić information content (AvgIpc) is 2.46. The van der Waals surface area contributed by atoms with Crippen LogP contribution in [0.5, 0.6) is 0 Å². The van der Waals surface area contributed by atoms with Crippen LogP contribution in [-0.2, 0) is 0 Å². The van der Waals surface area contributed by atoms with Crippen LogP contribution < -0.4 is 0 Å². The van der Waals surface area contributed by atoms with E-state index in [4.69, 9.17) is 5.11 Å². The number of hydrogen-bond donors (Lipinski definition) is 1. The summed E-state index contributed by atoms with van der Waals surface area (Å²) in [5.41, 5.74) is 3.56. The zero-order valence-corrected chi connectivity index (χ0v) is 13.4. The SMILES string of the molecule is Cc1cc(/C=C/N(C)C)ccn1.Cc1cccc(C(=O)O)c1. The highest BCUT2D eigenvalue weighted by Gasteiger charge is 1.99. The third-order valence-corrected chi connectivity index (χ3v) is 2.75. The maximum atomic E-state index is 10.4. The van der Waals surface area contributed by atoms with E-state index in [1.54, 1.807) is 18.2 Å². The molecule has 0 fully saturated rings. The van der Waals surface area contributed by atoms with Crippen LogP contribution in [0.3, 0.4) is 0 Å². The van der Waals surface area contributed by atoms with Crippen LogP contribution in [-0.4, -0.2) is 35.1 Å². The second-order valence-electron chi connectivity index (χ2n) is 5.18. The van der Waals surface area contributed by atoms with Crippen LogP contribution in [0.1, 0.15) is 27.2 Å². The minimum absolute atomic E-state index is 0.347. The van der Waals surface area contributed by atoms with E-state index >= 15 is 0 Å². The molecule has 0 radical (unpaired) electrons. The summed E-state index contributed by atoms with van der Waals surface area (Å²) in [6.45, 7) is 3.86. The second-order valence-corrected chi connectivity index (χ2v) is 5.18. The fourth-order valence-electron chi connectivity index (χ4n) is 1.68. The lowest BCUT2D eigenvalue weighted by Gasteiger charge is -2.02. The lowest BCUT2D eigenvalue weighted by Crippen LogP contribution is -1.99. The summed E-state index contributed by atoms with van der Waals surface area (Å²) in [5.74, 6) is -0.872. The van der Waals surface area contributed by atoms with E-state index in [2.05, 4.69) is 17.1 Å². The molecule has 0 spiro atoms. The summed E-state index contributed by atoms with van der Waals surface area (Å²) in [5, 5.41) is 8.51. The van der Waals surface area contributed by atoms with Gasteiger partial charge in [-0.25, -0.2) is 4.79 Å². The molecule has 0 atom stereocenters. The van der Waals surface area contributed by atoms with Gasteiger partial charge in [-0.05, 0) is 56.0 Å². The number of nitrogens with zero attached hydrogens (tertiary/aromatic N) is 2. The number of rotatable bonds is 3. The topological polar surface area (TPSA) is 53.4 Å². The van der Waals surface area contributed by atoms with E-state index in [1.807, 2.05) is 57.4 Å². The van der Waals surface area contributed by atoms with Gasteiger partial charge in [-0.15, -0.1) is 0 Å². The van der Waals surface area contributed by atoms with Gasteiger partial charge in [0.25, 0.3) is 0 Å². The van der Waals surface area contributed by atoms with Crippen molar-refractivity contribution >= 4 is 12.0 Å². The Kier molecular flexibility index (Phi) is 6.83. The maximum absolute atomic E-state index is 10.4. The van der Waals surface area contributed by atoms with Crippen molar-refractivity contribution in [3.05, 3.63) is 71.2 Å². The van der Waals surface area contributed by atoms with E-state index in [0.29, 0.717) is 5.56 Å². The van der Waals surface area contributed by atoms with Crippen LogP contribution in [0, 0.1) is 13.8 Å². The fraction of sp³-hybridized carbons (Fsp3) is 0.222. The molecule has 4 heteroatoms. The Labute approximate surface area is 131 Å². The Balaban J connectivity index is 0.000000224. The van der Waals surface area contributed by atoms with Crippen molar-refractivity contribution in [2.45, 2.75) is 13.8 Å². The summed E-state index contributed by atoms with van der Waals surface area (Å²) >= 11 is 0. The lowest BCUT2D eigenvalue weighted by atomic mass is 10.1. The molecule has 1 heterocycles. The number of benzene rings is 1. The third kappa shape index (κ3) is 6.70. The van der Waals surface area contributed by atoms with Gasteiger partial charge in [-0.2, -0.15) is 0 Å². The lowest BCUT2D eigenvalue weighted by molar-refractivity contribution is 0.0697. The van der Waals surface area contributed by atoms with Gasteiger partial charge in [0.2, 0.25) is 0 Å². The highest BCUT2D eigenvalue weighted by molar-refractivity contribution is 5.87. The standard InChI is InChI=1S/C10H14N2.C8H8O2/c1-9-8-10(4-6-11-9)5-7-12(2)3;1-6-3-2-4-7(5-6)8(9)10/h4-8H,1-3H3;2-5H,1H3,(H,9,10)/b7-5+;. The van der Waals surface area contributed by atoms with Crippen molar-refractivity contribution in [1.82, 2.24) is 9.88 Å². The Morgan fingerprint density at radius 3 is 2.41 bits per heavy atom. The number of pyridine rings is 1. The number of carbonyl (C=O) groups is 1. The van der Waals surface area contributed by atoms with Gasteiger partial charge >= 0.3 is 5.97 Å². The van der Waals surface area contributed by atoms with Crippen LogP contribution in [0.25, 0.3) is 6.08 Å². The normalized spacial score (nSPS) is 10.0. The smallest absolute Gasteiger partial charge is 0.335 e. The summed E-state index contributed by atoms with van der Waals surface area (Å²) in [6.07, 6.45) is 5.91. The van der Waals surface area contributed by atoms with Crippen molar-refractivity contribution < 1.29 is 9.90 Å². The van der Waals surface area contributed by atoms with Gasteiger partial charge in [-0.1, -0.05) is 17.7 Å². The Morgan fingerprint density at radius 2 is 1.91 bits per heavy atom. The minimum atomic E-state index is -0.872. The van der Waals surface area contributed by atoms with E-state index in [-0.39, 0.29) is 0 Å². The van der Waals surface area contributed by atoms with Crippen molar-refractivity contribution in [3.8, 4) is 0 Å². The highest BCUT2D eigenvalue weighted by atomic mass is 16.4. The average molecular weight is 298 g/mol. The molecule has 116 valence electrons. The first-order chi connectivity index (χ1) is 10.4. The molecule has 2 aromatic rings. The second kappa shape index (κ2) is 8.62. The number of aryl methyl sites for hydroxylation is 2. The van der Waals surface area contributed by atoms with Gasteiger partial charge in [-0.3, -0.25) is 4.98 Å². The van der Waals surface area contributed by atoms with Gasteiger partial charge < -0.3 is 10.0 Å². The van der Waals surface area contributed by atoms with Crippen LogP contribution >= 0.6 is 0 Å². The van der Waals surface area contributed by atoms with Gasteiger partial charge in [0.05, 0.1) is 5.56 Å². The molecule has 0 saturated heterocycles. The van der Waals surface area contributed by atoms with Gasteiger partial charge in [0.15, 0.2) is 0 Å². The monoisotopic (exact) mass is 298 g/mol. The highest BCUT2D eigenvalue weighted by Crippen LogP contribution is 2.03. The van der Waals surface area contributed by atoms with Crippen molar-refractivity contribution in [2.24, 2.45) is 0 Å². The molecule has 1 N–H and O–H groups in total. The van der Waals surface area contributed by atoms with Gasteiger partial charge in [0.1, 0.15) is 0 Å². The summed E-state index contributed by atoms with van der Waals surface area (Å²) < 4.78 is 0. The van der Waals surface area contributed by atoms with Crippen LogP contribution in [0.4, 0.5) is 0 Å². The Hall–Kier alpha value is -2.62. The third-order valence-electron chi connectivity index (χ3n) is 2.75. The molecule has 4 nitrogen and oxygen atoms in total. The predicted octanol–water partition coefficient (Wildman–Crippen LogP) is 3.62. The van der Waals surface area contributed by atoms with E-state index < -0.39 is 5.97 Å². The summed E-state index contributed by atoms with van der Waals surface area (Å²) in [4.78, 5) is 16.5. The van der Waals surface area contributed by atoms with Crippen LogP contribution in [0.15, 0.2) is 48.8 Å². The molecule has 2 rings (SSSR count). The summed E-state index contributed by atoms with van der Waals surface area (Å²) in [7, 11) is 4.01. The Bertz CT molecular complexity index is 649. The van der Waals surface area contributed by atoms with E-state index in [9.17, 15) is 4.79 Å². The zero-order chi connectivity index (χ0) is 16.5. The number of aromatic nitrogens is 1. The van der Waals surface area contributed by atoms with Crippen molar-refractivity contribution in [3.63, 3.8) is 0 Å². The number of carboxylic acids is 1. The maximum Gasteiger partial charge on any atom is 0.335 e. The molecular weight excluding hydrogens is 276 g/mol. The largest absolute Gasteiger partial charge is 0.478 e. The quantitative estimate of drug-likeness (QED) is 0.940. The van der Waals surface area contributed by atoms with E-state index in [0.717, 1.165) is 11.3 Å². The first-order valence-electron chi connectivity index (χ1n) is 6.95. The first kappa shape index (κ1) is 17.4. The number of hydrogen-bond acceptors (Lipinski definition) is 3. The molecule has 0 bridgehead atoms.